The normalized spacial score (nSPS) is 14.0. The molecule has 0 spiro atoms. The second-order valence-electron chi connectivity index (χ2n) is 3.12. The van der Waals surface area contributed by atoms with E-state index in [1.54, 1.807) is 18.0 Å². The van der Waals surface area contributed by atoms with E-state index in [9.17, 15) is 4.79 Å². The SMILES string of the molecule is NC(=O)CC1=NC=CSc2ccccc21. The van der Waals surface area contributed by atoms with Crippen LogP contribution in [0.4, 0.5) is 0 Å². The van der Waals surface area contributed by atoms with Crippen molar-refractivity contribution in [2.24, 2.45) is 10.7 Å². The van der Waals surface area contributed by atoms with Crippen molar-refractivity contribution >= 4 is 23.4 Å². The van der Waals surface area contributed by atoms with E-state index in [-0.39, 0.29) is 12.3 Å². The first-order valence-electron chi connectivity index (χ1n) is 4.53. The van der Waals surface area contributed by atoms with Gasteiger partial charge in [-0.15, -0.1) is 0 Å². The molecule has 0 aliphatic carbocycles. The predicted molar refractivity (Wildman–Crippen MR) is 61.8 cm³/mol. The predicted octanol–water partition coefficient (Wildman–Crippen LogP) is 1.93. The van der Waals surface area contributed by atoms with E-state index < -0.39 is 0 Å². The van der Waals surface area contributed by atoms with Gasteiger partial charge in [-0.1, -0.05) is 30.0 Å². The van der Waals surface area contributed by atoms with Crippen molar-refractivity contribution in [2.45, 2.75) is 11.3 Å². The van der Waals surface area contributed by atoms with Crippen molar-refractivity contribution < 1.29 is 4.79 Å². The highest BCUT2D eigenvalue weighted by atomic mass is 32.2. The minimum absolute atomic E-state index is 0.182. The zero-order valence-corrected chi connectivity index (χ0v) is 8.83. The molecule has 1 aliphatic rings. The smallest absolute Gasteiger partial charge is 0.223 e. The molecule has 1 heterocycles. The van der Waals surface area contributed by atoms with Gasteiger partial charge in [0.15, 0.2) is 0 Å². The fourth-order valence-corrected chi connectivity index (χ4v) is 2.15. The molecular weight excluding hydrogens is 208 g/mol. The van der Waals surface area contributed by atoms with Crippen LogP contribution in [0.2, 0.25) is 0 Å². The number of nitrogens with zero attached hydrogens (tertiary/aromatic N) is 1. The Morgan fingerprint density at radius 1 is 1.40 bits per heavy atom. The van der Waals surface area contributed by atoms with Crippen LogP contribution in [-0.4, -0.2) is 11.6 Å². The molecule has 3 nitrogen and oxygen atoms in total. The van der Waals surface area contributed by atoms with E-state index in [0.29, 0.717) is 0 Å². The van der Waals surface area contributed by atoms with Crippen molar-refractivity contribution in [3.63, 3.8) is 0 Å². The molecular formula is C11H10N2OS. The Hall–Kier alpha value is -1.55. The Labute approximate surface area is 92.1 Å². The van der Waals surface area contributed by atoms with Crippen LogP contribution in [0.3, 0.4) is 0 Å². The number of benzene rings is 1. The fourth-order valence-electron chi connectivity index (χ4n) is 1.41. The van der Waals surface area contributed by atoms with Gasteiger partial charge >= 0.3 is 0 Å². The highest BCUT2D eigenvalue weighted by Crippen LogP contribution is 2.27. The van der Waals surface area contributed by atoms with Gasteiger partial charge in [0.2, 0.25) is 5.91 Å². The summed E-state index contributed by atoms with van der Waals surface area (Å²) in [6.45, 7) is 0. The van der Waals surface area contributed by atoms with Crippen molar-refractivity contribution in [2.75, 3.05) is 0 Å². The summed E-state index contributed by atoms with van der Waals surface area (Å²) in [6.07, 6.45) is 1.88. The third kappa shape index (κ3) is 2.27. The van der Waals surface area contributed by atoms with Crippen molar-refractivity contribution in [1.29, 1.82) is 0 Å². The van der Waals surface area contributed by atoms with Crippen LogP contribution in [-0.2, 0) is 4.79 Å². The van der Waals surface area contributed by atoms with Gasteiger partial charge in [0.1, 0.15) is 0 Å². The third-order valence-electron chi connectivity index (χ3n) is 2.03. The quantitative estimate of drug-likeness (QED) is 0.824. The Morgan fingerprint density at radius 3 is 3.00 bits per heavy atom. The van der Waals surface area contributed by atoms with Crippen molar-refractivity contribution in [1.82, 2.24) is 0 Å². The topological polar surface area (TPSA) is 55.5 Å². The summed E-state index contributed by atoms with van der Waals surface area (Å²) >= 11 is 1.59. The maximum Gasteiger partial charge on any atom is 0.223 e. The third-order valence-corrected chi connectivity index (χ3v) is 2.89. The minimum atomic E-state index is -0.358. The van der Waals surface area contributed by atoms with E-state index in [1.807, 2.05) is 29.7 Å². The molecule has 15 heavy (non-hydrogen) atoms. The first-order chi connectivity index (χ1) is 7.27. The molecule has 0 fully saturated rings. The van der Waals surface area contributed by atoms with Gasteiger partial charge < -0.3 is 5.73 Å². The zero-order chi connectivity index (χ0) is 10.7. The largest absolute Gasteiger partial charge is 0.369 e. The molecule has 76 valence electrons. The zero-order valence-electron chi connectivity index (χ0n) is 8.01. The minimum Gasteiger partial charge on any atom is -0.369 e. The molecule has 0 bridgehead atoms. The number of primary amides is 1. The van der Waals surface area contributed by atoms with Gasteiger partial charge in [0.05, 0.1) is 12.1 Å². The molecule has 0 radical (unpaired) electrons. The number of hydrogen-bond donors (Lipinski definition) is 1. The lowest BCUT2D eigenvalue weighted by molar-refractivity contribution is -0.116. The van der Waals surface area contributed by atoms with E-state index >= 15 is 0 Å². The number of rotatable bonds is 2. The summed E-state index contributed by atoms with van der Waals surface area (Å²) in [5, 5.41) is 1.90. The van der Waals surface area contributed by atoms with Crippen LogP contribution < -0.4 is 5.73 Å². The summed E-state index contributed by atoms with van der Waals surface area (Å²) in [7, 11) is 0. The van der Waals surface area contributed by atoms with Crippen LogP contribution >= 0.6 is 11.8 Å². The number of fused-ring (bicyclic) bond motifs is 1. The monoisotopic (exact) mass is 218 g/mol. The van der Waals surface area contributed by atoms with Gasteiger partial charge in [-0.2, -0.15) is 0 Å². The van der Waals surface area contributed by atoms with E-state index in [0.717, 1.165) is 16.2 Å². The van der Waals surface area contributed by atoms with Gasteiger partial charge in [-0.05, 0) is 11.5 Å². The van der Waals surface area contributed by atoms with Gasteiger partial charge in [-0.25, -0.2) is 0 Å². The summed E-state index contributed by atoms with van der Waals surface area (Å²) < 4.78 is 0. The second-order valence-corrected chi connectivity index (χ2v) is 4.07. The number of carbonyl (C=O) groups is 1. The van der Waals surface area contributed by atoms with Crippen molar-refractivity contribution in [3.05, 3.63) is 41.4 Å². The molecule has 0 atom stereocenters. The van der Waals surface area contributed by atoms with Crippen molar-refractivity contribution in [3.8, 4) is 0 Å². The van der Waals surface area contributed by atoms with E-state index in [4.69, 9.17) is 5.73 Å². The van der Waals surface area contributed by atoms with E-state index in [1.165, 1.54) is 0 Å². The fraction of sp³-hybridized carbons (Fsp3) is 0.0909. The van der Waals surface area contributed by atoms with Crippen LogP contribution in [0, 0.1) is 0 Å². The van der Waals surface area contributed by atoms with Gasteiger partial charge in [0.25, 0.3) is 0 Å². The lowest BCUT2D eigenvalue weighted by Gasteiger charge is -2.06. The summed E-state index contributed by atoms with van der Waals surface area (Å²) in [4.78, 5) is 16.2. The van der Waals surface area contributed by atoms with Gasteiger partial charge in [0, 0.05) is 16.7 Å². The number of nitrogens with two attached hydrogens (primary N) is 1. The van der Waals surface area contributed by atoms with E-state index in [2.05, 4.69) is 4.99 Å². The number of hydrogen-bond acceptors (Lipinski definition) is 3. The molecule has 4 heteroatoms. The summed E-state index contributed by atoms with van der Waals surface area (Å²) in [5.74, 6) is -0.358. The molecule has 2 N–H and O–H groups in total. The molecule has 1 aromatic rings. The molecule has 1 aliphatic heterocycles. The van der Waals surface area contributed by atoms with Crippen LogP contribution in [0.1, 0.15) is 12.0 Å². The summed E-state index contributed by atoms with van der Waals surface area (Å²) in [6, 6.07) is 7.86. The average Bonchev–Trinajstić information content (AvgIpc) is 2.41. The van der Waals surface area contributed by atoms with Gasteiger partial charge in [-0.3, -0.25) is 9.79 Å². The number of thioether (sulfide) groups is 1. The Balaban J connectivity index is 2.43. The van der Waals surface area contributed by atoms with Crippen LogP contribution in [0.25, 0.3) is 0 Å². The number of carbonyl (C=O) groups excluding carboxylic acids is 1. The molecule has 0 aromatic heterocycles. The highest BCUT2D eigenvalue weighted by Gasteiger charge is 2.12. The Morgan fingerprint density at radius 2 is 2.20 bits per heavy atom. The average molecular weight is 218 g/mol. The maximum absolute atomic E-state index is 10.9. The highest BCUT2D eigenvalue weighted by molar-refractivity contribution is 8.02. The van der Waals surface area contributed by atoms with Crippen LogP contribution in [0.5, 0.6) is 0 Å². The molecule has 0 saturated carbocycles. The second kappa shape index (κ2) is 4.31. The molecule has 0 unspecified atom stereocenters. The van der Waals surface area contributed by atoms with Crippen LogP contribution in [0.15, 0.2) is 45.8 Å². The summed E-state index contributed by atoms with van der Waals surface area (Å²) in [5.41, 5.74) is 6.91. The number of amides is 1. The number of aliphatic imine (C=N–C) groups is 1. The molecule has 1 amide bonds. The lowest BCUT2D eigenvalue weighted by atomic mass is 10.1. The standard InChI is InChI=1S/C11H10N2OS/c12-11(14)7-9-8-3-1-2-4-10(8)15-6-5-13-9/h1-6H,7H2,(H2,12,14). The first-order valence-corrected chi connectivity index (χ1v) is 5.41. The molecule has 0 saturated heterocycles. The Kier molecular flexibility index (Phi) is 2.87. The molecule has 1 aromatic carbocycles. The lowest BCUT2D eigenvalue weighted by Crippen LogP contribution is -2.17. The maximum atomic E-state index is 10.9. The molecule has 2 rings (SSSR count). The first kappa shape index (κ1) is 9.98. The Bertz CT molecular complexity index is 452.